The zero-order chi connectivity index (χ0) is 14.9. The van der Waals surface area contributed by atoms with E-state index in [9.17, 15) is 0 Å². The predicted molar refractivity (Wildman–Crippen MR) is 88.4 cm³/mol. The molecule has 0 spiro atoms. The van der Waals surface area contributed by atoms with Crippen LogP contribution in [-0.4, -0.2) is 18.6 Å². The number of nitrogens with one attached hydrogen (secondary N) is 1. The van der Waals surface area contributed by atoms with Gasteiger partial charge in [0.15, 0.2) is 0 Å². The summed E-state index contributed by atoms with van der Waals surface area (Å²) in [6, 6.07) is 7.48. The van der Waals surface area contributed by atoms with Gasteiger partial charge in [-0.05, 0) is 65.0 Å². The maximum Gasteiger partial charge on any atom is 0.0411 e. The monoisotopic (exact) mass is 274 g/mol. The molecule has 1 saturated carbocycles. The first-order chi connectivity index (χ1) is 9.28. The lowest BCUT2D eigenvalue weighted by atomic mass is 10.0. The lowest BCUT2D eigenvalue weighted by Crippen LogP contribution is -2.36. The van der Waals surface area contributed by atoms with Gasteiger partial charge in [0.25, 0.3) is 0 Å². The summed E-state index contributed by atoms with van der Waals surface area (Å²) in [6.45, 7) is 12.1. The minimum atomic E-state index is 0.154. The Labute approximate surface area is 124 Å². The molecule has 1 unspecified atom stereocenters. The molecule has 2 rings (SSSR count). The number of aryl methyl sites for hydroxylation is 1. The Morgan fingerprint density at radius 1 is 1.30 bits per heavy atom. The summed E-state index contributed by atoms with van der Waals surface area (Å²) in [7, 11) is 2.24. The Balaban J connectivity index is 2.18. The molecule has 0 aromatic heterocycles. The molecule has 1 N–H and O–H groups in total. The van der Waals surface area contributed by atoms with Gasteiger partial charge in [-0.1, -0.05) is 17.7 Å². The first-order valence-corrected chi connectivity index (χ1v) is 7.85. The van der Waals surface area contributed by atoms with Crippen LogP contribution in [0.3, 0.4) is 0 Å². The molecule has 1 aliphatic carbocycles. The van der Waals surface area contributed by atoms with Gasteiger partial charge >= 0.3 is 0 Å². The van der Waals surface area contributed by atoms with Gasteiger partial charge < -0.3 is 10.2 Å². The Morgan fingerprint density at radius 2 is 1.95 bits per heavy atom. The van der Waals surface area contributed by atoms with Crippen LogP contribution < -0.4 is 10.2 Å². The van der Waals surface area contributed by atoms with Crippen LogP contribution in [-0.2, 0) is 6.54 Å². The maximum atomic E-state index is 3.62. The van der Waals surface area contributed by atoms with E-state index in [2.05, 4.69) is 70.1 Å². The van der Waals surface area contributed by atoms with E-state index in [1.807, 2.05) is 0 Å². The first-order valence-electron chi connectivity index (χ1n) is 7.85. The van der Waals surface area contributed by atoms with Gasteiger partial charge in [-0.2, -0.15) is 0 Å². The van der Waals surface area contributed by atoms with E-state index in [-0.39, 0.29) is 5.54 Å². The van der Waals surface area contributed by atoms with Crippen LogP contribution in [0.5, 0.6) is 0 Å². The summed E-state index contributed by atoms with van der Waals surface area (Å²) < 4.78 is 0. The first kappa shape index (κ1) is 15.4. The van der Waals surface area contributed by atoms with Crippen molar-refractivity contribution in [2.45, 2.75) is 65.6 Å². The minimum Gasteiger partial charge on any atom is -0.371 e. The van der Waals surface area contributed by atoms with E-state index in [0.717, 1.165) is 12.5 Å². The Kier molecular flexibility index (Phi) is 4.43. The zero-order valence-corrected chi connectivity index (χ0v) is 14.0. The van der Waals surface area contributed by atoms with Crippen LogP contribution in [0.1, 0.15) is 51.7 Å². The van der Waals surface area contributed by atoms with Crippen LogP contribution in [0.4, 0.5) is 5.69 Å². The van der Waals surface area contributed by atoms with Crippen molar-refractivity contribution in [2.24, 2.45) is 5.92 Å². The largest absolute Gasteiger partial charge is 0.371 e. The molecule has 1 fully saturated rings. The van der Waals surface area contributed by atoms with Gasteiger partial charge in [0.05, 0.1) is 0 Å². The molecule has 0 radical (unpaired) electrons. The quantitative estimate of drug-likeness (QED) is 0.869. The van der Waals surface area contributed by atoms with Crippen molar-refractivity contribution in [1.29, 1.82) is 0 Å². The van der Waals surface area contributed by atoms with Gasteiger partial charge in [0, 0.05) is 30.9 Å². The lowest BCUT2D eigenvalue weighted by Gasteiger charge is -2.30. The zero-order valence-electron chi connectivity index (χ0n) is 14.0. The fourth-order valence-corrected chi connectivity index (χ4v) is 2.67. The molecule has 1 aromatic rings. The normalized spacial score (nSPS) is 17.1. The van der Waals surface area contributed by atoms with E-state index >= 15 is 0 Å². The molecule has 2 heteroatoms. The molecule has 0 heterocycles. The van der Waals surface area contributed by atoms with E-state index in [1.54, 1.807) is 0 Å². The molecular formula is C18H30N2. The maximum absolute atomic E-state index is 3.62. The van der Waals surface area contributed by atoms with E-state index < -0.39 is 0 Å². The molecule has 1 aromatic carbocycles. The van der Waals surface area contributed by atoms with Crippen LogP contribution >= 0.6 is 0 Å². The minimum absolute atomic E-state index is 0.154. The lowest BCUT2D eigenvalue weighted by molar-refractivity contribution is 0.424. The van der Waals surface area contributed by atoms with Crippen LogP contribution in [0, 0.1) is 12.8 Å². The molecule has 1 atom stereocenters. The van der Waals surface area contributed by atoms with Crippen LogP contribution in [0.15, 0.2) is 18.2 Å². The number of rotatable bonds is 5. The third-order valence-corrected chi connectivity index (χ3v) is 4.34. The van der Waals surface area contributed by atoms with Gasteiger partial charge in [0.2, 0.25) is 0 Å². The Morgan fingerprint density at radius 3 is 2.50 bits per heavy atom. The summed E-state index contributed by atoms with van der Waals surface area (Å²) in [5.41, 5.74) is 4.29. The fourth-order valence-electron chi connectivity index (χ4n) is 2.67. The van der Waals surface area contributed by atoms with E-state index in [4.69, 9.17) is 0 Å². The molecule has 0 saturated heterocycles. The second kappa shape index (κ2) is 5.77. The summed E-state index contributed by atoms with van der Waals surface area (Å²) in [5.74, 6) is 0.893. The van der Waals surface area contributed by atoms with Crippen molar-refractivity contribution in [1.82, 2.24) is 5.32 Å². The summed E-state index contributed by atoms with van der Waals surface area (Å²) in [5, 5.41) is 3.62. The SMILES string of the molecule is Cc1ccc(N(C)C(C)C2CC2)c(CNC(C)(C)C)c1. The third-order valence-electron chi connectivity index (χ3n) is 4.34. The van der Waals surface area contributed by atoms with Crippen molar-refractivity contribution >= 4 is 5.69 Å². The highest BCUT2D eigenvalue weighted by Crippen LogP contribution is 2.37. The van der Waals surface area contributed by atoms with Gasteiger partial charge in [0.1, 0.15) is 0 Å². The fraction of sp³-hybridized carbons (Fsp3) is 0.667. The number of benzene rings is 1. The number of anilines is 1. The van der Waals surface area contributed by atoms with Crippen molar-refractivity contribution in [3.63, 3.8) is 0 Å². The highest BCUT2D eigenvalue weighted by atomic mass is 15.1. The second-order valence-electron chi connectivity index (χ2n) is 7.42. The molecule has 0 aliphatic heterocycles. The second-order valence-corrected chi connectivity index (χ2v) is 7.42. The van der Waals surface area contributed by atoms with Gasteiger partial charge in [-0.25, -0.2) is 0 Å². The molecule has 112 valence electrons. The average molecular weight is 274 g/mol. The molecule has 1 aliphatic rings. The number of nitrogens with zero attached hydrogens (tertiary/aromatic N) is 1. The van der Waals surface area contributed by atoms with Crippen molar-refractivity contribution in [3.05, 3.63) is 29.3 Å². The standard InChI is InChI=1S/C18H30N2/c1-13-7-10-17(20(6)14(2)15-8-9-15)16(11-13)12-19-18(3,4)5/h7,10-11,14-15,19H,8-9,12H2,1-6H3. The molecular weight excluding hydrogens is 244 g/mol. The summed E-state index contributed by atoms with van der Waals surface area (Å²) in [6.07, 6.45) is 2.79. The van der Waals surface area contributed by atoms with Crippen molar-refractivity contribution < 1.29 is 0 Å². The summed E-state index contributed by atoms with van der Waals surface area (Å²) >= 11 is 0. The Hall–Kier alpha value is -1.02. The van der Waals surface area contributed by atoms with Crippen LogP contribution in [0.2, 0.25) is 0 Å². The summed E-state index contributed by atoms with van der Waals surface area (Å²) in [4.78, 5) is 2.47. The number of hydrogen-bond donors (Lipinski definition) is 1. The van der Waals surface area contributed by atoms with Crippen molar-refractivity contribution in [2.75, 3.05) is 11.9 Å². The Bertz CT molecular complexity index is 455. The van der Waals surface area contributed by atoms with Crippen molar-refractivity contribution in [3.8, 4) is 0 Å². The molecule has 2 nitrogen and oxygen atoms in total. The highest BCUT2D eigenvalue weighted by Gasteiger charge is 2.31. The molecule has 0 bridgehead atoms. The van der Waals surface area contributed by atoms with E-state index in [0.29, 0.717) is 6.04 Å². The average Bonchev–Trinajstić information content (AvgIpc) is 3.18. The number of hydrogen-bond acceptors (Lipinski definition) is 2. The molecule has 0 amide bonds. The van der Waals surface area contributed by atoms with Crippen LogP contribution in [0.25, 0.3) is 0 Å². The van der Waals surface area contributed by atoms with Gasteiger partial charge in [-0.15, -0.1) is 0 Å². The third kappa shape index (κ3) is 3.99. The van der Waals surface area contributed by atoms with E-state index in [1.165, 1.54) is 29.7 Å². The smallest absolute Gasteiger partial charge is 0.0411 e. The van der Waals surface area contributed by atoms with Gasteiger partial charge in [-0.3, -0.25) is 0 Å². The highest BCUT2D eigenvalue weighted by molar-refractivity contribution is 5.55. The topological polar surface area (TPSA) is 15.3 Å². The molecule has 20 heavy (non-hydrogen) atoms. The predicted octanol–water partition coefficient (Wildman–Crippen LogP) is 4.12.